The first-order valence-electron chi connectivity index (χ1n) is 6.39. The molecule has 1 N–H and O–H groups in total. The largest absolute Gasteiger partial charge is 0.480 e. The van der Waals surface area contributed by atoms with Gasteiger partial charge in [0.25, 0.3) is 5.69 Å². The number of aliphatic carboxylic acids is 1. The van der Waals surface area contributed by atoms with Crippen LogP contribution < -0.4 is 0 Å². The van der Waals surface area contributed by atoms with Crippen molar-refractivity contribution in [3.8, 4) is 0 Å². The molecule has 1 atom stereocenters. The third-order valence-electron chi connectivity index (χ3n) is 3.53. The molecule has 0 spiro atoms. The monoisotopic (exact) mass is 342 g/mol. The van der Waals surface area contributed by atoms with Crippen molar-refractivity contribution in [2.24, 2.45) is 0 Å². The van der Waals surface area contributed by atoms with Gasteiger partial charge in [0.2, 0.25) is 0 Å². The number of benzene rings is 1. The van der Waals surface area contributed by atoms with Gasteiger partial charge in [-0.15, -0.1) is 0 Å². The first-order chi connectivity index (χ1) is 9.50. The molecule has 6 nitrogen and oxygen atoms in total. The molecule has 1 aliphatic heterocycles. The van der Waals surface area contributed by atoms with E-state index in [1.165, 1.54) is 6.07 Å². The minimum Gasteiger partial charge on any atom is -0.480 e. The summed E-state index contributed by atoms with van der Waals surface area (Å²) in [5.41, 5.74) is 0.749. The lowest BCUT2D eigenvalue weighted by Gasteiger charge is -2.33. The van der Waals surface area contributed by atoms with Gasteiger partial charge in [-0.05, 0) is 40.9 Å². The number of hydrogen-bond acceptors (Lipinski definition) is 4. The molecular formula is C13H15BrN2O4. The summed E-state index contributed by atoms with van der Waals surface area (Å²) >= 11 is 3.25. The van der Waals surface area contributed by atoms with Crippen LogP contribution in [0.5, 0.6) is 0 Å². The number of carboxylic acids is 1. The van der Waals surface area contributed by atoms with Crippen molar-refractivity contribution in [2.75, 3.05) is 6.54 Å². The summed E-state index contributed by atoms with van der Waals surface area (Å²) in [7, 11) is 0. The summed E-state index contributed by atoms with van der Waals surface area (Å²) in [5.74, 6) is -0.828. The van der Waals surface area contributed by atoms with Crippen LogP contribution in [0.1, 0.15) is 24.8 Å². The number of rotatable bonds is 4. The highest BCUT2D eigenvalue weighted by molar-refractivity contribution is 9.10. The number of carbonyl (C=O) groups is 1. The van der Waals surface area contributed by atoms with Crippen LogP contribution in [-0.4, -0.2) is 33.5 Å². The molecule has 0 saturated carbocycles. The third kappa shape index (κ3) is 3.16. The van der Waals surface area contributed by atoms with Crippen LogP contribution >= 0.6 is 15.9 Å². The van der Waals surface area contributed by atoms with E-state index in [0.29, 0.717) is 24.0 Å². The number of likely N-dealkylation sites (tertiary alicyclic amines) is 1. The first kappa shape index (κ1) is 14.9. The van der Waals surface area contributed by atoms with E-state index in [1.54, 1.807) is 12.1 Å². The summed E-state index contributed by atoms with van der Waals surface area (Å²) in [6, 6.07) is 4.33. The lowest BCUT2D eigenvalue weighted by atomic mass is 10.0. The molecule has 1 aromatic rings. The molecule has 1 unspecified atom stereocenters. The van der Waals surface area contributed by atoms with Gasteiger partial charge in [0, 0.05) is 12.6 Å². The molecule has 0 aromatic heterocycles. The second-order valence-electron chi connectivity index (χ2n) is 4.83. The fourth-order valence-corrected chi connectivity index (χ4v) is 3.04. The fraction of sp³-hybridized carbons (Fsp3) is 0.462. The zero-order valence-corrected chi connectivity index (χ0v) is 12.4. The highest BCUT2D eigenvalue weighted by Crippen LogP contribution is 2.30. The van der Waals surface area contributed by atoms with Crippen molar-refractivity contribution in [2.45, 2.75) is 31.8 Å². The molecule has 1 saturated heterocycles. The van der Waals surface area contributed by atoms with Gasteiger partial charge < -0.3 is 5.11 Å². The first-order valence-corrected chi connectivity index (χ1v) is 7.18. The summed E-state index contributed by atoms with van der Waals surface area (Å²) in [6.07, 6.45) is 2.49. The number of hydrogen-bond donors (Lipinski definition) is 1. The van der Waals surface area contributed by atoms with E-state index < -0.39 is 16.9 Å². The number of piperidine rings is 1. The SMILES string of the molecule is O=C(O)C1CCCCN1Cc1cccc([N+](=O)[O-])c1Br. The Morgan fingerprint density at radius 3 is 2.90 bits per heavy atom. The number of halogens is 1. The molecule has 2 rings (SSSR count). The third-order valence-corrected chi connectivity index (χ3v) is 4.44. The van der Waals surface area contributed by atoms with E-state index in [0.717, 1.165) is 18.4 Å². The van der Waals surface area contributed by atoms with Gasteiger partial charge in [0.05, 0.1) is 9.40 Å². The van der Waals surface area contributed by atoms with Crippen molar-refractivity contribution < 1.29 is 14.8 Å². The van der Waals surface area contributed by atoms with Gasteiger partial charge in [-0.2, -0.15) is 0 Å². The molecule has 1 heterocycles. The van der Waals surface area contributed by atoms with Gasteiger partial charge in [-0.25, -0.2) is 0 Å². The lowest BCUT2D eigenvalue weighted by molar-refractivity contribution is -0.385. The molecule has 1 aliphatic rings. The van der Waals surface area contributed by atoms with E-state index in [2.05, 4.69) is 15.9 Å². The quantitative estimate of drug-likeness (QED) is 0.671. The Balaban J connectivity index is 2.22. The summed E-state index contributed by atoms with van der Waals surface area (Å²) in [5, 5.41) is 20.1. The van der Waals surface area contributed by atoms with Crippen LogP contribution in [0, 0.1) is 10.1 Å². The number of nitrogens with zero attached hydrogens (tertiary/aromatic N) is 2. The van der Waals surface area contributed by atoms with Gasteiger partial charge >= 0.3 is 5.97 Å². The topological polar surface area (TPSA) is 83.7 Å². The van der Waals surface area contributed by atoms with E-state index in [4.69, 9.17) is 0 Å². The molecule has 0 aliphatic carbocycles. The van der Waals surface area contributed by atoms with Crippen molar-refractivity contribution >= 4 is 27.6 Å². The second-order valence-corrected chi connectivity index (χ2v) is 5.62. The van der Waals surface area contributed by atoms with Crippen LogP contribution in [0.4, 0.5) is 5.69 Å². The molecule has 108 valence electrons. The van der Waals surface area contributed by atoms with Crippen molar-refractivity contribution in [3.05, 3.63) is 38.3 Å². The molecule has 1 aromatic carbocycles. The summed E-state index contributed by atoms with van der Waals surface area (Å²) in [4.78, 5) is 23.6. The number of nitro benzene ring substituents is 1. The van der Waals surface area contributed by atoms with Crippen LogP contribution in [-0.2, 0) is 11.3 Å². The zero-order chi connectivity index (χ0) is 14.7. The van der Waals surface area contributed by atoms with Crippen LogP contribution in [0.3, 0.4) is 0 Å². The zero-order valence-electron chi connectivity index (χ0n) is 10.8. The molecule has 0 bridgehead atoms. The van der Waals surface area contributed by atoms with Crippen molar-refractivity contribution in [3.63, 3.8) is 0 Å². The number of nitro groups is 1. The maximum atomic E-state index is 11.3. The Labute approximate surface area is 124 Å². The van der Waals surface area contributed by atoms with E-state index >= 15 is 0 Å². The molecular weight excluding hydrogens is 328 g/mol. The minimum absolute atomic E-state index is 0.00591. The fourth-order valence-electron chi connectivity index (χ4n) is 2.51. The van der Waals surface area contributed by atoms with Crippen molar-refractivity contribution in [1.29, 1.82) is 0 Å². The Morgan fingerprint density at radius 2 is 2.25 bits per heavy atom. The minimum atomic E-state index is -0.828. The standard InChI is InChI=1S/C13H15BrN2O4/c14-12-9(4-3-6-10(12)16(19)20)8-15-7-2-1-5-11(15)13(17)18/h3-4,6,11H,1-2,5,7-8H2,(H,17,18). The highest BCUT2D eigenvalue weighted by Gasteiger charge is 2.29. The van der Waals surface area contributed by atoms with Gasteiger partial charge in [-0.1, -0.05) is 18.6 Å². The van der Waals surface area contributed by atoms with Crippen LogP contribution in [0.15, 0.2) is 22.7 Å². The average molecular weight is 343 g/mol. The maximum Gasteiger partial charge on any atom is 0.320 e. The molecule has 0 radical (unpaired) electrons. The second kappa shape index (κ2) is 6.32. The summed E-state index contributed by atoms with van der Waals surface area (Å²) in [6.45, 7) is 1.10. The van der Waals surface area contributed by atoms with Crippen molar-refractivity contribution in [1.82, 2.24) is 4.90 Å². The predicted molar refractivity (Wildman–Crippen MR) is 76.5 cm³/mol. The van der Waals surface area contributed by atoms with Gasteiger partial charge in [0.15, 0.2) is 0 Å². The smallest absolute Gasteiger partial charge is 0.320 e. The van der Waals surface area contributed by atoms with E-state index in [-0.39, 0.29) is 5.69 Å². The Hall–Kier alpha value is -1.47. The number of carboxylic acid groups (broad SMARTS) is 1. The maximum absolute atomic E-state index is 11.3. The van der Waals surface area contributed by atoms with E-state index in [9.17, 15) is 20.0 Å². The van der Waals surface area contributed by atoms with Gasteiger partial charge in [-0.3, -0.25) is 19.8 Å². The normalized spacial score (nSPS) is 19.8. The molecule has 0 amide bonds. The molecule has 20 heavy (non-hydrogen) atoms. The van der Waals surface area contributed by atoms with Gasteiger partial charge in [0.1, 0.15) is 6.04 Å². The average Bonchev–Trinajstić information content (AvgIpc) is 2.41. The van der Waals surface area contributed by atoms with Crippen LogP contribution in [0.2, 0.25) is 0 Å². The summed E-state index contributed by atoms with van der Waals surface area (Å²) < 4.78 is 0.430. The molecule has 7 heteroatoms. The molecule has 1 fully saturated rings. The van der Waals surface area contributed by atoms with Crippen LogP contribution in [0.25, 0.3) is 0 Å². The Bertz CT molecular complexity index is 535. The Kier molecular flexibility index (Phi) is 4.72. The van der Waals surface area contributed by atoms with E-state index in [1.807, 2.05) is 4.90 Å². The lowest BCUT2D eigenvalue weighted by Crippen LogP contribution is -2.44. The predicted octanol–water partition coefficient (Wildman–Crippen LogP) is 2.80. The Morgan fingerprint density at radius 1 is 1.50 bits per heavy atom. The highest BCUT2D eigenvalue weighted by atomic mass is 79.9.